The van der Waals surface area contributed by atoms with Crippen molar-refractivity contribution in [1.29, 1.82) is 0 Å². The van der Waals surface area contributed by atoms with E-state index >= 15 is 0 Å². The third-order valence-electron chi connectivity index (χ3n) is 3.46. The summed E-state index contributed by atoms with van der Waals surface area (Å²) in [4.78, 5) is 29.2. The van der Waals surface area contributed by atoms with E-state index in [0.29, 0.717) is 13.1 Å². The molecule has 2 amide bonds. The lowest BCUT2D eigenvalue weighted by molar-refractivity contribution is -0.139. The molecule has 0 atom stereocenters. The Kier molecular flexibility index (Phi) is 3.17. The third-order valence-corrected chi connectivity index (χ3v) is 4.41. The van der Waals surface area contributed by atoms with Crippen molar-refractivity contribution in [3.05, 3.63) is 23.2 Å². The summed E-state index contributed by atoms with van der Waals surface area (Å²) in [5.74, 6) is -0.117. The van der Waals surface area contributed by atoms with Crippen LogP contribution in [-0.4, -0.2) is 34.8 Å². The number of aryl methyl sites for hydroxylation is 1. The van der Waals surface area contributed by atoms with E-state index in [0.717, 1.165) is 20.9 Å². The van der Waals surface area contributed by atoms with Crippen molar-refractivity contribution in [2.45, 2.75) is 13.8 Å². The van der Waals surface area contributed by atoms with Gasteiger partial charge in [0, 0.05) is 25.7 Å². The highest BCUT2D eigenvalue weighted by molar-refractivity contribution is 7.18. The highest BCUT2D eigenvalue weighted by Gasteiger charge is 2.34. The average molecular weight is 289 g/mol. The lowest BCUT2D eigenvalue weighted by Crippen LogP contribution is -2.53. The van der Waals surface area contributed by atoms with Crippen LogP contribution in [-0.2, 0) is 9.59 Å². The summed E-state index contributed by atoms with van der Waals surface area (Å²) >= 11 is 1.64. The van der Waals surface area contributed by atoms with Crippen molar-refractivity contribution < 1.29 is 9.59 Å². The number of aromatic nitrogens is 1. The summed E-state index contributed by atoms with van der Waals surface area (Å²) in [7, 11) is 0. The molecular weight excluding hydrogens is 274 g/mol. The number of carbonyl (C=O) groups excluding carboxylic acids is 2. The molecule has 5 nitrogen and oxygen atoms in total. The van der Waals surface area contributed by atoms with Gasteiger partial charge in [0.05, 0.1) is 21.1 Å². The molecule has 1 aliphatic heterocycles. The number of nitrogens with one attached hydrogen (secondary N) is 1. The molecule has 1 fully saturated rings. The van der Waals surface area contributed by atoms with Crippen LogP contribution in [0.4, 0.5) is 5.69 Å². The van der Waals surface area contributed by atoms with Crippen molar-refractivity contribution in [2.24, 2.45) is 5.92 Å². The second-order valence-electron chi connectivity index (χ2n) is 5.03. The van der Waals surface area contributed by atoms with Crippen LogP contribution < -0.4 is 5.32 Å². The van der Waals surface area contributed by atoms with Gasteiger partial charge in [-0.2, -0.15) is 0 Å². The minimum Gasteiger partial charge on any atom is -0.341 e. The lowest BCUT2D eigenvalue weighted by Gasteiger charge is -2.37. The first-order valence-electron chi connectivity index (χ1n) is 6.46. The maximum Gasteiger partial charge on any atom is 0.231 e. The van der Waals surface area contributed by atoms with Gasteiger partial charge in [-0.05, 0) is 25.1 Å². The van der Waals surface area contributed by atoms with Gasteiger partial charge in [0.2, 0.25) is 11.8 Å². The van der Waals surface area contributed by atoms with Gasteiger partial charge in [0.25, 0.3) is 0 Å². The normalized spacial score (nSPS) is 15.2. The van der Waals surface area contributed by atoms with E-state index in [1.807, 2.05) is 25.1 Å². The molecule has 6 heteroatoms. The maximum absolute atomic E-state index is 12.0. The lowest BCUT2D eigenvalue weighted by atomic mass is 9.99. The number of rotatable bonds is 2. The molecular formula is C14H15N3O2S. The predicted octanol–water partition coefficient (Wildman–Crippen LogP) is 2.02. The van der Waals surface area contributed by atoms with Gasteiger partial charge in [0.15, 0.2) is 0 Å². The maximum atomic E-state index is 12.0. The molecule has 1 aromatic heterocycles. The Labute approximate surface area is 120 Å². The minimum atomic E-state index is -0.105. The standard InChI is InChI=1S/C14H15N3O2S/c1-8-15-12-5-11(3-4-13(12)20-8)16-14(19)10-6-17(7-10)9(2)18/h3-5,10H,6-7H2,1-2H3,(H,16,19). The molecule has 0 saturated carbocycles. The van der Waals surface area contributed by atoms with Gasteiger partial charge in [-0.3, -0.25) is 9.59 Å². The van der Waals surface area contributed by atoms with Gasteiger partial charge in [0.1, 0.15) is 0 Å². The molecule has 3 rings (SSSR count). The number of hydrogen-bond donors (Lipinski definition) is 1. The van der Waals surface area contributed by atoms with E-state index < -0.39 is 0 Å². The van der Waals surface area contributed by atoms with Gasteiger partial charge >= 0.3 is 0 Å². The summed E-state index contributed by atoms with van der Waals surface area (Å²) in [6.07, 6.45) is 0. The van der Waals surface area contributed by atoms with Gasteiger partial charge < -0.3 is 10.2 Å². The van der Waals surface area contributed by atoms with Crippen molar-refractivity contribution in [3.63, 3.8) is 0 Å². The minimum absolute atomic E-state index is 0.0217. The fourth-order valence-electron chi connectivity index (χ4n) is 2.27. The first-order valence-corrected chi connectivity index (χ1v) is 7.28. The Bertz CT molecular complexity index is 689. The van der Waals surface area contributed by atoms with Gasteiger partial charge in [-0.1, -0.05) is 0 Å². The van der Waals surface area contributed by atoms with E-state index in [9.17, 15) is 9.59 Å². The second kappa shape index (κ2) is 4.86. The summed E-state index contributed by atoms with van der Waals surface area (Å²) in [6, 6.07) is 5.75. The summed E-state index contributed by atoms with van der Waals surface area (Å²) < 4.78 is 1.12. The molecule has 2 heterocycles. The van der Waals surface area contributed by atoms with E-state index in [2.05, 4.69) is 10.3 Å². The van der Waals surface area contributed by atoms with Crippen LogP contribution in [0.15, 0.2) is 18.2 Å². The van der Waals surface area contributed by atoms with Gasteiger partial charge in [-0.25, -0.2) is 4.98 Å². The molecule has 1 aromatic carbocycles. The molecule has 0 aliphatic carbocycles. The highest BCUT2D eigenvalue weighted by atomic mass is 32.1. The fourth-order valence-corrected chi connectivity index (χ4v) is 3.07. The van der Waals surface area contributed by atoms with Crippen molar-refractivity contribution >= 4 is 39.1 Å². The predicted molar refractivity (Wildman–Crippen MR) is 78.7 cm³/mol. The molecule has 0 spiro atoms. The molecule has 1 aliphatic rings. The number of nitrogens with zero attached hydrogens (tertiary/aromatic N) is 2. The monoisotopic (exact) mass is 289 g/mol. The Morgan fingerprint density at radius 2 is 2.15 bits per heavy atom. The van der Waals surface area contributed by atoms with E-state index in [1.54, 1.807) is 16.2 Å². The number of amides is 2. The average Bonchev–Trinajstić information content (AvgIpc) is 2.65. The van der Waals surface area contributed by atoms with Crippen molar-refractivity contribution in [3.8, 4) is 0 Å². The number of hydrogen-bond acceptors (Lipinski definition) is 4. The first-order chi connectivity index (χ1) is 9.52. The molecule has 0 bridgehead atoms. The molecule has 104 valence electrons. The largest absolute Gasteiger partial charge is 0.341 e. The van der Waals surface area contributed by atoms with Crippen LogP contribution in [0.3, 0.4) is 0 Å². The topological polar surface area (TPSA) is 62.3 Å². The zero-order valence-corrected chi connectivity index (χ0v) is 12.2. The van der Waals surface area contributed by atoms with Gasteiger partial charge in [-0.15, -0.1) is 11.3 Å². The number of carbonyl (C=O) groups is 2. The molecule has 20 heavy (non-hydrogen) atoms. The van der Waals surface area contributed by atoms with Crippen LogP contribution in [0.2, 0.25) is 0 Å². The van der Waals surface area contributed by atoms with Crippen LogP contribution in [0.5, 0.6) is 0 Å². The van der Waals surface area contributed by atoms with Crippen LogP contribution in [0.1, 0.15) is 11.9 Å². The number of anilines is 1. The summed E-state index contributed by atoms with van der Waals surface area (Å²) in [5, 5.41) is 3.91. The summed E-state index contributed by atoms with van der Waals surface area (Å²) in [5.41, 5.74) is 1.67. The van der Waals surface area contributed by atoms with E-state index in [4.69, 9.17) is 0 Å². The highest BCUT2D eigenvalue weighted by Crippen LogP contribution is 2.25. The van der Waals surface area contributed by atoms with Crippen molar-refractivity contribution in [2.75, 3.05) is 18.4 Å². The molecule has 0 unspecified atom stereocenters. The van der Waals surface area contributed by atoms with Crippen LogP contribution in [0, 0.1) is 12.8 Å². The number of benzene rings is 1. The Morgan fingerprint density at radius 3 is 2.85 bits per heavy atom. The third kappa shape index (κ3) is 2.38. The summed E-state index contributed by atoms with van der Waals surface area (Å²) in [6.45, 7) is 4.51. The quantitative estimate of drug-likeness (QED) is 0.920. The fraction of sp³-hybridized carbons (Fsp3) is 0.357. The van der Waals surface area contributed by atoms with E-state index in [1.165, 1.54) is 6.92 Å². The SMILES string of the molecule is CC(=O)N1CC(C(=O)Nc2ccc3sc(C)nc3c2)C1. The van der Waals surface area contributed by atoms with Crippen LogP contribution >= 0.6 is 11.3 Å². The molecule has 1 saturated heterocycles. The molecule has 2 aromatic rings. The Balaban J connectivity index is 1.67. The van der Waals surface area contributed by atoms with E-state index in [-0.39, 0.29) is 17.7 Å². The Morgan fingerprint density at radius 1 is 1.40 bits per heavy atom. The smallest absolute Gasteiger partial charge is 0.231 e. The number of thiazole rings is 1. The molecule has 0 radical (unpaired) electrons. The zero-order chi connectivity index (χ0) is 14.3. The Hall–Kier alpha value is -1.95. The van der Waals surface area contributed by atoms with Crippen LogP contribution in [0.25, 0.3) is 10.2 Å². The number of fused-ring (bicyclic) bond motifs is 1. The second-order valence-corrected chi connectivity index (χ2v) is 6.26. The zero-order valence-electron chi connectivity index (χ0n) is 11.3. The molecule has 1 N–H and O–H groups in total. The van der Waals surface area contributed by atoms with Crippen molar-refractivity contribution in [1.82, 2.24) is 9.88 Å². The number of likely N-dealkylation sites (tertiary alicyclic amines) is 1. The first kappa shape index (κ1) is 13.1.